The molecule has 2 rings (SSSR count). The predicted octanol–water partition coefficient (Wildman–Crippen LogP) is 4.71. The van der Waals surface area contributed by atoms with Crippen molar-refractivity contribution in [3.05, 3.63) is 35.4 Å². The average molecular weight is 300 g/mol. The SMILES string of the molecule is CCC(C)(C)C1CCC(=NNC(=O)c2cccc(C)c2)CC1. The molecule has 1 N–H and O–H groups in total. The summed E-state index contributed by atoms with van der Waals surface area (Å²) in [5, 5.41) is 4.35. The Labute approximate surface area is 134 Å². The van der Waals surface area contributed by atoms with Crippen molar-refractivity contribution < 1.29 is 4.79 Å². The van der Waals surface area contributed by atoms with Gasteiger partial charge in [0.25, 0.3) is 5.91 Å². The van der Waals surface area contributed by atoms with Gasteiger partial charge in [0, 0.05) is 11.3 Å². The maximum Gasteiger partial charge on any atom is 0.271 e. The highest BCUT2D eigenvalue weighted by Crippen LogP contribution is 2.39. The van der Waals surface area contributed by atoms with Crippen LogP contribution in [-0.4, -0.2) is 11.6 Å². The molecule has 3 heteroatoms. The standard InChI is InChI=1S/C19H28N2O/c1-5-19(3,4)16-9-11-17(12-10-16)20-21-18(22)15-8-6-7-14(2)13-15/h6-8,13,16H,5,9-12H2,1-4H3,(H,21,22). The van der Waals surface area contributed by atoms with E-state index in [4.69, 9.17) is 0 Å². The second kappa shape index (κ2) is 7.08. The third kappa shape index (κ3) is 4.19. The molecule has 22 heavy (non-hydrogen) atoms. The molecule has 1 aromatic carbocycles. The van der Waals surface area contributed by atoms with Gasteiger partial charge in [-0.3, -0.25) is 4.79 Å². The minimum Gasteiger partial charge on any atom is -0.267 e. The van der Waals surface area contributed by atoms with Crippen LogP contribution in [0.4, 0.5) is 0 Å². The summed E-state index contributed by atoms with van der Waals surface area (Å²) in [5.74, 6) is 0.649. The Morgan fingerprint density at radius 3 is 2.59 bits per heavy atom. The number of nitrogens with zero attached hydrogens (tertiary/aromatic N) is 1. The van der Waals surface area contributed by atoms with Crippen LogP contribution in [-0.2, 0) is 0 Å². The Bertz CT molecular complexity index is 550. The summed E-state index contributed by atoms with van der Waals surface area (Å²) in [4.78, 5) is 12.1. The summed E-state index contributed by atoms with van der Waals surface area (Å²) in [6.45, 7) is 8.98. The Balaban J connectivity index is 1.89. The monoisotopic (exact) mass is 300 g/mol. The van der Waals surface area contributed by atoms with Crippen LogP contribution in [0.15, 0.2) is 29.4 Å². The largest absolute Gasteiger partial charge is 0.271 e. The number of hydrogen-bond acceptors (Lipinski definition) is 2. The molecule has 1 amide bonds. The second-order valence-electron chi connectivity index (χ2n) is 7.10. The topological polar surface area (TPSA) is 41.5 Å². The van der Waals surface area contributed by atoms with Crippen molar-refractivity contribution in [2.45, 2.75) is 59.8 Å². The molecule has 0 aromatic heterocycles. The number of carbonyl (C=O) groups is 1. The molecule has 1 aliphatic carbocycles. The number of nitrogens with one attached hydrogen (secondary N) is 1. The molecule has 1 fully saturated rings. The van der Waals surface area contributed by atoms with Gasteiger partial charge in [-0.25, -0.2) is 5.43 Å². The van der Waals surface area contributed by atoms with Crippen LogP contribution < -0.4 is 5.43 Å². The van der Waals surface area contributed by atoms with Crippen molar-refractivity contribution in [2.24, 2.45) is 16.4 Å². The van der Waals surface area contributed by atoms with Crippen molar-refractivity contribution in [1.82, 2.24) is 5.43 Å². The summed E-state index contributed by atoms with van der Waals surface area (Å²) in [7, 11) is 0. The van der Waals surface area contributed by atoms with Gasteiger partial charge in [0.05, 0.1) is 0 Å². The highest BCUT2D eigenvalue weighted by Gasteiger charge is 2.30. The second-order valence-corrected chi connectivity index (χ2v) is 7.10. The van der Waals surface area contributed by atoms with Crippen molar-refractivity contribution in [1.29, 1.82) is 0 Å². The van der Waals surface area contributed by atoms with Gasteiger partial charge in [-0.2, -0.15) is 5.10 Å². The molecule has 0 radical (unpaired) electrons. The first-order chi connectivity index (χ1) is 10.4. The molecular formula is C19H28N2O. The zero-order chi connectivity index (χ0) is 16.2. The first kappa shape index (κ1) is 16.7. The van der Waals surface area contributed by atoms with Crippen LogP contribution in [0.2, 0.25) is 0 Å². The maximum atomic E-state index is 12.1. The van der Waals surface area contributed by atoms with E-state index in [2.05, 4.69) is 31.3 Å². The van der Waals surface area contributed by atoms with E-state index >= 15 is 0 Å². The fourth-order valence-corrected chi connectivity index (χ4v) is 3.11. The Hall–Kier alpha value is -1.64. The lowest BCUT2D eigenvalue weighted by Crippen LogP contribution is -2.29. The number of amides is 1. The van der Waals surface area contributed by atoms with Crippen LogP contribution in [0, 0.1) is 18.3 Å². The molecule has 3 nitrogen and oxygen atoms in total. The predicted molar refractivity (Wildman–Crippen MR) is 92.1 cm³/mol. The molecule has 0 saturated heterocycles. The van der Waals surface area contributed by atoms with Gasteiger partial charge >= 0.3 is 0 Å². The lowest BCUT2D eigenvalue weighted by Gasteiger charge is -2.36. The lowest BCUT2D eigenvalue weighted by molar-refractivity contribution is 0.0954. The molecule has 1 aliphatic rings. The summed E-state index contributed by atoms with van der Waals surface area (Å²) in [6.07, 6.45) is 5.58. The third-order valence-electron chi connectivity index (χ3n) is 5.17. The van der Waals surface area contributed by atoms with E-state index in [1.807, 2.05) is 31.2 Å². The first-order valence-corrected chi connectivity index (χ1v) is 8.35. The number of hydrogen-bond donors (Lipinski definition) is 1. The molecule has 1 saturated carbocycles. The first-order valence-electron chi connectivity index (χ1n) is 8.35. The van der Waals surface area contributed by atoms with Gasteiger partial charge in [0.1, 0.15) is 0 Å². The molecule has 0 bridgehead atoms. The minimum absolute atomic E-state index is 0.118. The van der Waals surface area contributed by atoms with Crippen molar-refractivity contribution in [3.63, 3.8) is 0 Å². The number of hydrazone groups is 1. The third-order valence-corrected chi connectivity index (χ3v) is 5.17. The Morgan fingerprint density at radius 1 is 1.32 bits per heavy atom. The average Bonchev–Trinajstić information content (AvgIpc) is 2.53. The van der Waals surface area contributed by atoms with Gasteiger partial charge in [0.15, 0.2) is 0 Å². The summed E-state index contributed by atoms with van der Waals surface area (Å²) in [5.41, 5.74) is 6.01. The van der Waals surface area contributed by atoms with E-state index in [1.165, 1.54) is 19.3 Å². The van der Waals surface area contributed by atoms with Gasteiger partial charge in [0.2, 0.25) is 0 Å². The highest BCUT2D eigenvalue weighted by molar-refractivity contribution is 5.95. The van der Waals surface area contributed by atoms with Gasteiger partial charge in [-0.1, -0.05) is 44.9 Å². The fraction of sp³-hybridized carbons (Fsp3) is 0.579. The lowest BCUT2D eigenvalue weighted by atomic mass is 9.69. The molecule has 0 unspecified atom stereocenters. The van der Waals surface area contributed by atoms with Crippen molar-refractivity contribution in [2.75, 3.05) is 0 Å². The number of aryl methyl sites for hydroxylation is 1. The quantitative estimate of drug-likeness (QED) is 0.804. The van der Waals surface area contributed by atoms with Gasteiger partial charge in [-0.05, 0) is 56.1 Å². The van der Waals surface area contributed by atoms with Crippen molar-refractivity contribution in [3.8, 4) is 0 Å². The van der Waals surface area contributed by atoms with E-state index in [0.717, 1.165) is 30.0 Å². The minimum atomic E-state index is -0.118. The van der Waals surface area contributed by atoms with Crippen molar-refractivity contribution >= 4 is 11.6 Å². The number of carbonyl (C=O) groups excluding carboxylic acids is 1. The summed E-state index contributed by atoms with van der Waals surface area (Å²) < 4.78 is 0. The van der Waals surface area contributed by atoms with E-state index in [9.17, 15) is 4.79 Å². The van der Waals surface area contributed by atoms with Crippen LogP contribution in [0.25, 0.3) is 0 Å². The van der Waals surface area contributed by atoms with Gasteiger partial charge < -0.3 is 0 Å². The van der Waals surface area contributed by atoms with Crippen LogP contribution in [0.3, 0.4) is 0 Å². The Morgan fingerprint density at radius 2 is 2.00 bits per heavy atom. The van der Waals surface area contributed by atoms with Crippen LogP contribution in [0.5, 0.6) is 0 Å². The van der Waals surface area contributed by atoms with Crippen LogP contribution in [0.1, 0.15) is 68.8 Å². The zero-order valence-corrected chi connectivity index (χ0v) is 14.3. The fourth-order valence-electron chi connectivity index (χ4n) is 3.11. The highest BCUT2D eigenvalue weighted by atomic mass is 16.2. The smallest absolute Gasteiger partial charge is 0.267 e. The molecule has 0 heterocycles. The molecule has 0 aliphatic heterocycles. The Kier molecular flexibility index (Phi) is 5.38. The normalized spacial score (nSPS) is 18.9. The van der Waals surface area contributed by atoms with E-state index in [0.29, 0.717) is 11.0 Å². The van der Waals surface area contributed by atoms with E-state index in [-0.39, 0.29) is 5.91 Å². The summed E-state index contributed by atoms with van der Waals surface area (Å²) in [6, 6.07) is 7.59. The molecular weight excluding hydrogens is 272 g/mol. The molecule has 1 aromatic rings. The number of benzene rings is 1. The van der Waals surface area contributed by atoms with E-state index < -0.39 is 0 Å². The van der Waals surface area contributed by atoms with Gasteiger partial charge in [-0.15, -0.1) is 0 Å². The zero-order valence-electron chi connectivity index (χ0n) is 14.3. The van der Waals surface area contributed by atoms with Crippen LogP contribution >= 0.6 is 0 Å². The molecule has 120 valence electrons. The van der Waals surface area contributed by atoms with E-state index in [1.54, 1.807) is 0 Å². The maximum absolute atomic E-state index is 12.1. The molecule has 0 atom stereocenters. The summed E-state index contributed by atoms with van der Waals surface area (Å²) >= 11 is 0. The number of rotatable bonds is 4. The molecule has 0 spiro atoms.